The van der Waals surface area contributed by atoms with Crippen molar-refractivity contribution in [2.45, 2.75) is 37.9 Å². The third-order valence-electron chi connectivity index (χ3n) is 2.59. The second-order valence-electron chi connectivity index (χ2n) is 4.39. The maximum atomic E-state index is 9.35. The van der Waals surface area contributed by atoms with Crippen molar-refractivity contribution in [3.8, 4) is 0 Å². The normalized spacial score (nSPS) is 14.6. The Labute approximate surface area is 107 Å². The molecule has 0 amide bonds. The van der Waals surface area contributed by atoms with Gasteiger partial charge in [-0.2, -0.15) is 0 Å². The van der Waals surface area contributed by atoms with E-state index < -0.39 is 0 Å². The molecule has 2 N–H and O–H groups in total. The molecule has 1 heterocycles. The fourth-order valence-electron chi connectivity index (χ4n) is 1.47. The molecular formula is C12H21N3OS. The van der Waals surface area contributed by atoms with Crippen LogP contribution in [0.1, 0.15) is 25.8 Å². The maximum Gasteiger partial charge on any atom is 0.187 e. The van der Waals surface area contributed by atoms with Gasteiger partial charge in [-0.15, -0.1) is 0 Å². The zero-order valence-electron chi connectivity index (χ0n) is 10.7. The van der Waals surface area contributed by atoms with Crippen LogP contribution in [0, 0.1) is 6.92 Å². The Morgan fingerprint density at radius 2 is 2.06 bits per heavy atom. The average molecular weight is 255 g/mol. The Morgan fingerprint density at radius 3 is 2.59 bits per heavy atom. The van der Waals surface area contributed by atoms with Gasteiger partial charge in [-0.3, -0.25) is 0 Å². The highest BCUT2D eigenvalue weighted by Gasteiger charge is 2.21. The smallest absolute Gasteiger partial charge is 0.187 e. The molecule has 0 aliphatic rings. The van der Waals surface area contributed by atoms with Gasteiger partial charge in [-0.25, -0.2) is 9.97 Å². The summed E-state index contributed by atoms with van der Waals surface area (Å²) >= 11 is 1.62. The molecule has 1 aromatic heterocycles. The number of aliphatic hydroxyl groups is 1. The van der Waals surface area contributed by atoms with Crippen LogP contribution in [-0.4, -0.2) is 39.5 Å². The molecule has 0 saturated heterocycles. The van der Waals surface area contributed by atoms with Gasteiger partial charge in [-0.05, 0) is 32.4 Å². The van der Waals surface area contributed by atoms with Crippen molar-refractivity contribution in [3.63, 3.8) is 0 Å². The summed E-state index contributed by atoms with van der Waals surface area (Å²) in [4.78, 5) is 8.48. The van der Waals surface area contributed by atoms with Gasteiger partial charge < -0.3 is 10.4 Å². The fraction of sp³-hybridized carbons (Fsp3) is 0.667. The number of rotatable bonds is 7. The van der Waals surface area contributed by atoms with Gasteiger partial charge in [0, 0.05) is 23.7 Å². The Balaban J connectivity index is 2.38. The minimum atomic E-state index is -0.202. The molecule has 4 nitrogen and oxygen atoms in total. The van der Waals surface area contributed by atoms with Gasteiger partial charge in [0.05, 0.1) is 6.61 Å². The summed E-state index contributed by atoms with van der Waals surface area (Å²) in [6.45, 7) is 7.07. The lowest BCUT2D eigenvalue weighted by atomic mass is 10.0. The number of thioether (sulfide) groups is 1. The third kappa shape index (κ3) is 5.02. The SMILES string of the molecule is CCNC(C)(CO)CCSc1ncc(C)cn1. The van der Waals surface area contributed by atoms with E-state index in [0.717, 1.165) is 29.4 Å². The summed E-state index contributed by atoms with van der Waals surface area (Å²) in [7, 11) is 0. The number of likely N-dealkylation sites (N-methyl/N-ethyl adjacent to an activating group) is 1. The van der Waals surface area contributed by atoms with Crippen molar-refractivity contribution in [1.29, 1.82) is 0 Å². The predicted octanol–water partition coefficient (Wildman–Crippen LogP) is 1.63. The van der Waals surface area contributed by atoms with Crippen molar-refractivity contribution in [1.82, 2.24) is 15.3 Å². The van der Waals surface area contributed by atoms with Crippen LogP contribution in [0.2, 0.25) is 0 Å². The number of hydrogen-bond donors (Lipinski definition) is 2. The highest BCUT2D eigenvalue weighted by atomic mass is 32.2. The van der Waals surface area contributed by atoms with Gasteiger partial charge in [0.2, 0.25) is 0 Å². The van der Waals surface area contributed by atoms with Crippen LogP contribution in [0.5, 0.6) is 0 Å². The molecule has 0 bridgehead atoms. The Hall–Kier alpha value is -0.650. The number of aliphatic hydroxyl groups excluding tert-OH is 1. The van der Waals surface area contributed by atoms with E-state index in [0.29, 0.717) is 0 Å². The average Bonchev–Trinajstić information content (AvgIpc) is 2.32. The van der Waals surface area contributed by atoms with E-state index in [-0.39, 0.29) is 12.1 Å². The molecule has 0 fully saturated rings. The van der Waals surface area contributed by atoms with Gasteiger partial charge >= 0.3 is 0 Å². The van der Waals surface area contributed by atoms with Crippen LogP contribution in [0.4, 0.5) is 0 Å². The van der Waals surface area contributed by atoms with E-state index in [1.54, 1.807) is 11.8 Å². The second kappa shape index (κ2) is 6.93. The summed E-state index contributed by atoms with van der Waals surface area (Å²) in [5.74, 6) is 0.896. The molecule has 0 aromatic carbocycles. The predicted molar refractivity (Wildman–Crippen MR) is 71.3 cm³/mol. The largest absolute Gasteiger partial charge is 0.394 e. The van der Waals surface area contributed by atoms with Crippen LogP contribution < -0.4 is 5.32 Å². The highest BCUT2D eigenvalue weighted by Crippen LogP contribution is 2.18. The summed E-state index contributed by atoms with van der Waals surface area (Å²) in [5, 5.41) is 13.4. The quantitative estimate of drug-likeness (QED) is 0.573. The van der Waals surface area contributed by atoms with Crippen LogP contribution in [0.15, 0.2) is 17.6 Å². The first kappa shape index (κ1) is 14.4. The van der Waals surface area contributed by atoms with Crippen molar-refractivity contribution >= 4 is 11.8 Å². The fourth-order valence-corrected chi connectivity index (χ4v) is 2.46. The molecular weight excluding hydrogens is 234 g/mol. The first-order valence-electron chi connectivity index (χ1n) is 5.87. The molecule has 1 aromatic rings. The van der Waals surface area contributed by atoms with Gasteiger partial charge in [0.1, 0.15) is 0 Å². The molecule has 1 atom stereocenters. The first-order valence-corrected chi connectivity index (χ1v) is 6.85. The minimum absolute atomic E-state index is 0.149. The van der Waals surface area contributed by atoms with Crippen LogP contribution in [-0.2, 0) is 0 Å². The van der Waals surface area contributed by atoms with E-state index in [1.165, 1.54) is 0 Å². The topological polar surface area (TPSA) is 58.0 Å². The summed E-state index contributed by atoms with van der Waals surface area (Å²) in [6.07, 6.45) is 4.54. The number of hydrogen-bond acceptors (Lipinski definition) is 5. The van der Waals surface area contributed by atoms with Gasteiger partial charge in [0.15, 0.2) is 5.16 Å². The molecule has 0 spiro atoms. The monoisotopic (exact) mass is 255 g/mol. The van der Waals surface area contributed by atoms with E-state index in [4.69, 9.17) is 0 Å². The van der Waals surface area contributed by atoms with Crippen molar-refractivity contribution < 1.29 is 5.11 Å². The minimum Gasteiger partial charge on any atom is -0.394 e. The van der Waals surface area contributed by atoms with E-state index in [1.807, 2.05) is 33.2 Å². The standard InChI is InChI=1S/C12H21N3OS/c1-4-15-12(3,9-16)5-6-17-11-13-7-10(2)8-14-11/h7-8,15-16H,4-6,9H2,1-3H3. The van der Waals surface area contributed by atoms with Crippen molar-refractivity contribution in [3.05, 3.63) is 18.0 Å². The van der Waals surface area contributed by atoms with E-state index in [2.05, 4.69) is 15.3 Å². The second-order valence-corrected chi connectivity index (χ2v) is 5.45. The molecule has 5 heteroatoms. The lowest BCUT2D eigenvalue weighted by Crippen LogP contribution is -2.46. The van der Waals surface area contributed by atoms with Gasteiger partial charge in [-0.1, -0.05) is 18.7 Å². The zero-order chi connectivity index (χ0) is 12.7. The Bertz CT molecular complexity index is 331. The molecule has 0 radical (unpaired) electrons. The van der Waals surface area contributed by atoms with Crippen LogP contribution >= 0.6 is 11.8 Å². The van der Waals surface area contributed by atoms with Crippen LogP contribution in [0.3, 0.4) is 0 Å². The van der Waals surface area contributed by atoms with E-state index >= 15 is 0 Å². The molecule has 1 rings (SSSR count). The molecule has 0 aliphatic heterocycles. The molecule has 1 unspecified atom stereocenters. The van der Waals surface area contributed by atoms with E-state index in [9.17, 15) is 5.11 Å². The lowest BCUT2D eigenvalue weighted by Gasteiger charge is -2.27. The first-order chi connectivity index (χ1) is 8.09. The molecule has 0 aliphatic carbocycles. The zero-order valence-corrected chi connectivity index (χ0v) is 11.5. The number of aromatic nitrogens is 2. The van der Waals surface area contributed by atoms with Crippen molar-refractivity contribution in [2.24, 2.45) is 0 Å². The van der Waals surface area contributed by atoms with Crippen molar-refractivity contribution in [2.75, 3.05) is 18.9 Å². The van der Waals surface area contributed by atoms with Crippen LogP contribution in [0.25, 0.3) is 0 Å². The number of aryl methyl sites for hydroxylation is 1. The summed E-state index contributed by atoms with van der Waals surface area (Å²) < 4.78 is 0. The Morgan fingerprint density at radius 1 is 1.41 bits per heavy atom. The summed E-state index contributed by atoms with van der Waals surface area (Å²) in [6, 6.07) is 0. The third-order valence-corrected chi connectivity index (χ3v) is 3.47. The Kier molecular flexibility index (Phi) is 5.88. The highest BCUT2D eigenvalue weighted by molar-refractivity contribution is 7.99. The molecule has 17 heavy (non-hydrogen) atoms. The summed E-state index contributed by atoms with van der Waals surface area (Å²) in [5.41, 5.74) is 0.870. The van der Waals surface area contributed by atoms with Gasteiger partial charge in [0.25, 0.3) is 0 Å². The molecule has 0 saturated carbocycles. The maximum absolute atomic E-state index is 9.35. The lowest BCUT2D eigenvalue weighted by molar-refractivity contribution is 0.173. The molecule has 96 valence electrons. The number of nitrogens with one attached hydrogen (secondary N) is 1. The number of nitrogens with zero attached hydrogens (tertiary/aromatic N) is 2.